The SMILES string of the molecule is CC1(C)OC(=O)C(=CNc2cc(Cl)c3c(c2)NC(=O)CO3)C(=O)O1. The van der Waals surface area contributed by atoms with E-state index in [1.807, 2.05) is 0 Å². The average Bonchev–Trinajstić information content (AvgIpc) is 2.44. The Labute approximate surface area is 141 Å². The lowest BCUT2D eigenvalue weighted by molar-refractivity contribution is -0.222. The highest BCUT2D eigenvalue weighted by atomic mass is 35.5. The van der Waals surface area contributed by atoms with E-state index in [0.717, 1.165) is 6.20 Å². The number of benzene rings is 1. The minimum atomic E-state index is -1.30. The molecule has 1 amide bonds. The number of hydrogen-bond donors (Lipinski definition) is 2. The molecule has 0 bridgehead atoms. The highest BCUT2D eigenvalue weighted by Crippen LogP contribution is 2.38. The predicted molar refractivity (Wildman–Crippen MR) is 83.5 cm³/mol. The summed E-state index contributed by atoms with van der Waals surface area (Å²) in [6.45, 7) is 2.80. The van der Waals surface area contributed by atoms with Crippen LogP contribution in [0.15, 0.2) is 23.9 Å². The van der Waals surface area contributed by atoms with Crippen molar-refractivity contribution < 1.29 is 28.6 Å². The van der Waals surface area contributed by atoms with Crippen molar-refractivity contribution in [1.29, 1.82) is 0 Å². The monoisotopic (exact) mass is 352 g/mol. The maximum atomic E-state index is 11.8. The van der Waals surface area contributed by atoms with Crippen molar-refractivity contribution in [2.75, 3.05) is 17.2 Å². The minimum Gasteiger partial charge on any atom is -0.480 e. The molecule has 0 atom stereocenters. The van der Waals surface area contributed by atoms with E-state index in [2.05, 4.69) is 10.6 Å². The summed E-state index contributed by atoms with van der Waals surface area (Å²) in [6, 6.07) is 3.08. The molecule has 0 unspecified atom stereocenters. The first-order chi connectivity index (χ1) is 11.2. The quantitative estimate of drug-likeness (QED) is 0.475. The van der Waals surface area contributed by atoms with Gasteiger partial charge in [0.25, 0.3) is 11.7 Å². The third kappa shape index (κ3) is 3.13. The number of esters is 2. The van der Waals surface area contributed by atoms with E-state index in [1.165, 1.54) is 19.9 Å². The van der Waals surface area contributed by atoms with E-state index in [9.17, 15) is 14.4 Å². The van der Waals surface area contributed by atoms with Gasteiger partial charge in [-0.25, -0.2) is 9.59 Å². The Hall–Kier alpha value is -2.74. The Morgan fingerprint density at radius 3 is 2.54 bits per heavy atom. The van der Waals surface area contributed by atoms with Gasteiger partial charge in [0.15, 0.2) is 17.9 Å². The number of halogens is 1. The van der Waals surface area contributed by atoms with E-state index in [4.69, 9.17) is 25.8 Å². The Morgan fingerprint density at radius 2 is 1.88 bits per heavy atom. The van der Waals surface area contributed by atoms with Crippen LogP contribution < -0.4 is 15.4 Å². The summed E-state index contributed by atoms with van der Waals surface area (Å²) in [5.74, 6) is -2.86. The molecule has 1 aromatic rings. The summed E-state index contributed by atoms with van der Waals surface area (Å²) < 4.78 is 15.2. The van der Waals surface area contributed by atoms with Crippen molar-refractivity contribution in [3.05, 3.63) is 28.9 Å². The number of nitrogens with one attached hydrogen (secondary N) is 2. The molecule has 1 saturated heterocycles. The summed E-state index contributed by atoms with van der Waals surface area (Å²) in [7, 11) is 0. The molecule has 126 valence electrons. The molecule has 8 nitrogen and oxygen atoms in total. The van der Waals surface area contributed by atoms with Gasteiger partial charge >= 0.3 is 11.9 Å². The summed E-state index contributed by atoms with van der Waals surface area (Å²) >= 11 is 6.09. The van der Waals surface area contributed by atoms with Crippen molar-refractivity contribution in [3.8, 4) is 5.75 Å². The molecular formula is C15H13ClN2O6. The van der Waals surface area contributed by atoms with Crippen LogP contribution >= 0.6 is 11.6 Å². The van der Waals surface area contributed by atoms with Crippen LogP contribution in [0.2, 0.25) is 5.02 Å². The number of anilines is 2. The zero-order chi connectivity index (χ0) is 17.5. The largest absolute Gasteiger partial charge is 0.480 e. The van der Waals surface area contributed by atoms with E-state index < -0.39 is 17.7 Å². The average molecular weight is 353 g/mol. The minimum absolute atomic E-state index is 0.114. The molecule has 2 heterocycles. The third-order valence-electron chi connectivity index (χ3n) is 3.17. The molecule has 2 aliphatic heterocycles. The topological polar surface area (TPSA) is 103 Å². The number of carbonyl (C=O) groups excluding carboxylic acids is 3. The fourth-order valence-corrected chi connectivity index (χ4v) is 2.45. The summed E-state index contributed by atoms with van der Waals surface area (Å²) in [5.41, 5.74) is 0.528. The molecular weight excluding hydrogens is 340 g/mol. The Balaban J connectivity index is 1.83. The van der Waals surface area contributed by atoms with Crippen molar-refractivity contribution >= 4 is 40.8 Å². The van der Waals surface area contributed by atoms with E-state index in [-0.39, 0.29) is 23.1 Å². The second kappa shape index (κ2) is 5.72. The van der Waals surface area contributed by atoms with Crippen molar-refractivity contribution in [2.24, 2.45) is 0 Å². The summed E-state index contributed by atoms with van der Waals surface area (Å²) in [4.78, 5) is 35.1. The van der Waals surface area contributed by atoms with Crippen LogP contribution in [0.25, 0.3) is 0 Å². The molecule has 0 radical (unpaired) electrons. The van der Waals surface area contributed by atoms with Crippen LogP contribution in [-0.4, -0.2) is 30.2 Å². The molecule has 24 heavy (non-hydrogen) atoms. The lowest BCUT2D eigenvalue weighted by atomic mass is 10.2. The zero-order valence-electron chi connectivity index (χ0n) is 12.8. The summed E-state index contributed by atoms with van der Waals surface area (Å²) in [6.07, 6.45) is 1.16. The molecule has 0 spiro atoms. The van der Waals surface area contributed by atoms with Crippen LogP contribution in [0.3, 0.4) is 0 Å². The van der Waals surface area contributed by atoms with Gasteiger partial charge in [0.2, 0.25) is 0 Å². The van der Waals surface area contributed by atoms with Gasteiger partial charge in [0.1, 0.15) is 0 Å². The van der Waals surface area contributed by atoms with Crippen LogP contribution in [0.5, 0.6) is 5.75 Å². The number of rotatable bonds is 2. The molecule has 0 aromatic heterocycles. The third-order valence-corrected chi connectivity index (χ3v) is 3.45. The van der Waals surface area contributed by atoms with Crippen LogP contribution in [0.1, 0.15) is 13.8 Å². The molecule has 0 saturated carbocycles. The molecule has 0 aliphatic carbocycles. The maximum absolute atomic E-state index is 11.8. The standard InChI is InChI=1S/C15H13ClN2O6/c1-15(2)23-13(20)8(14(21)24-15)5-17-7-3-9(16)12-10(4-7)18-11(19)6-22-12/h3-5,17H,6H2,1-2H3,(H,18,19). The van der Waals surface area contributed by atoms with Gasteiger partial charge in [-0.2, -0.15) is 0 Å². The fraction of sp³-hybridized carbons (Fsp3) is 0.267. The number of carbonyl (C=O) groups is 3. The fourth-order valence-electron chi connectivity index (χ4n) is 2.17. The van der Waals surface area contributed by atoms with Gasteiger partial charge < -0.3 is 24.8 Å². The van der Waals surface area contributed by atoms with Gasteiger partial charge in [-0.05, 0) is 12.1 Å². The lowest BCUT2D eigenvalue weighted by Crippen LogP contribution is -2.42. The molecule has 1 aromatic carbocycles. The second-order valence-corrected chi connectivity index (χ2v) is 5.96. The first-order valence-corrected chi connectivity index (χ1v) is 7.32. The number of fused-ring (bicyclic) bond motifs is 1. The highest BCUT2D eigenvalue weighted by molar-refractivity contribution is 6.33. The Bertz CT molecular complexity index is 764. The van der Waals surface area contributed by atoms with Crippen LogP contribution in [0, 0.1) is 0 Å². The normalized spacial score (nSPS) is 18.6. The van der Waals surface area contributed by atoms with Gasteiger partial charge in [-0.3, -0.25) is 4.79 Å². The van der Waals surface area contributed by atoms with E-state index >= 15 is 0 Å². The van der Waals surface area contributed by atoms with Crippen LogP contribution in [0.4, 0.5) is 11.4 Å². The van der Waals surface area contributed by atoms with E-state index in [1.54, 1.807) is 6.07 Å². The second-order valence-electron chi connectivity index (χ2n) is 5.55. The van der Waals surface area contributed by atoms with Crippen molar-refractivity contribution in [2.45, 2.75) is 19.6 Å². The zero-order valence-corrected chi connectivity index (χ0v) is 13.5. The van der Waals surface area contributed by atoms with Gasteiger partial charge in [0, 0.05) is 25.7 Å². The first-order valence-electron chi connectivity index (χ1n) is 6.95. The smallest absolute Gasteiger partial charge is 0.350 e. The Kier molecular flexibility index (Phi) is 3.84. The van der Waals surface area contributed by atoms with Gasteiger partial charge in [0.05, 0.1) is 10.7 Å². The molecule has 1 fully saturated rings. The number of cyclic esters (lactones) is 2. The number of amides is 1. The molecule has 3 rings (SSSR count). The van der Waals surface area contributed by atoms with E-state index in [0.29, 0.717) is 17.1 Å². The number of ether oxygens (including phenoxy) is 3. The number of hydrogen-bond acceptors (Lipinski definition) is 7. The highest BCUT2D eigenvalue weighted by Gasteiger charge is 2.39. The molecule has 9 heteroatoms. The van der Waals surface area contributed by atoms with Gasteiger partial charge in [-0.15, -0.1) is 0 Å². The first kappa shape index (κ1) is 16.1. The Morgan fingerprint density at radius 1 is 1.21 bits per heavy atom. The van der Waals surface area contributed by atoms with Crippen LogP contribution in [-0.2, 0) is 23.9 Å². The summed E-state index contributed by atoms with van der Waals surface area (Å²) in [5, 5.41) is 5.64. The van der Waals surface area contributed by atoms with Crippen molar-refractivity contribution in [1.82, 2.24) is 0 Å². The predicted octanol–water partition coefficient (Wildman–Crippen LogP) is 1.80. The lowest BCUT2D eigenvalue weighted by Gasteiger charge is -2.29. The molecule has 2 aliphatic rings. The maximum Gasteiger partial charge on any atom is 0.350 e. The molecule has 2 N–H and O–H groups in total. The van der Waals surface area contributed by atoms with Crippen molar-refractivity contribution in [3.63, 3.8) is 0 Å². The van der Waals surface area contributed by atoms with Gasteiger partial charge in [-0.1, -0.05) is 11.6 Å².